The molecule has 0 aliphatic rings. The first kappa shape index (κ1) is 11.3. The smallest absolute Gasteiger partial charge is 0.265 e. The van der Waals surface area contributed by atoms with Crippen molar-refractivity contribution in [3.63, 3.8) is 0 Å². The Hall–Kier alpha value is -2.14. The minimum absolute atomic E-state index is 0.301. The SMILES string of the molecule is Cc1cc(C)n(-c2ccc(C(=O)NN)cc2)n1. The van der Waals surface area contributed by atoms with E-state index in [-0.39, 0.29) is 5.91 Å². The molecule has 5 nitrogen and oxygen atoms in total. The van der Waals surface area contributed by atoms with Crippen LogP contribution in [0.5, 0.6) is 0 Å². The van der Waals surface area contributed by atoms with Gasteiger partial charge in [0.15, 0.2) is 0 Å². The molecular formula is C12H14N4O. The third-order valence-electron chi connectivity index (χ3n) is 2.51. The van der Waals surface area contributed by atoms with Crippen LogP contribution < -0.4 is 11.3 Å². The lowest BCUT2D eigenvalue weighted by Gasteiger charge is -2.05. The summed E-state index contributed by atoms with van der Waals surface area (Å²) in [5.74, 6) is 4.76. The van der Waals surface area contributed by atoms with E-state index in [1.807, 2.05) is 36.7 Å². The molecule has 0 radical (unpaired) electrons. The zero-order valence-electron chi connectivity index (χ0n) is 9.77. The van der Waals surface area contributed by atoms with Crippen molar-refractivity contribution < 1.29 is 4.79 Å². The monoisotopic (exact) mass is 230 g/mol. The summed E-state index contributed by atoms with van der Waals surface area (Å²) in [5.41, 5.74) is 5.56. The maximum atomic E-state index is 11.3. The number of aryl methyl sites for hydroxylation is 2. The number of hydrazine groups is 1. The van der Waals surface area contributed by atoms with Crippen LogP contribution in [0.2, 0.25) is 0 Å². The van der Waals surface area contributed by atoms with Gasteiger partial charge in [0.05, 0.1) is 11.4 Å². The number of hydrogen-bond donors (Lipinski definition) is 2. The van der Waals surface area contributed by atoms with Gasteiger partial charge in [0.25, 0.3) is 5.91 Å². The second-order valence-corrected chi connectivity index (χ2v) is 3.86. The van der Waals surface area contributed by atoms with E-state index in [0.717, 1.165) is 17.1 Å². The van der Waals surface area contributed by atoms with Crippen molar-refractivity contribution in [3.8, 4) is 5.69 Å². The second kappa shape index (κ2) is 4.39. The molecule has 88 valence electrons. The van der Waals surface area contributed by atoms with Crippen LogP contribution in [0.3, 0.4) is 0 Å². The zero-order chi connectivity index (χ0) is 12.4. The lowest BCUT2D eigenvalue weighted by Crippen LogP contribution is -2.29. The number of nitrogens with two attached hydrogens (primary N) is 1. The molecule has 0 unspecified atom stereocenters. The zero-order valence-corrected chi connectivity index (χ0v) is 9.77. The maximum Gasteiger partial charge on any atom is 0.265 e. The summed E-state index contributed by atoms with van der Waals surface area (Å²) in [6.45, 7) is 3.93. The summed E-state index contributed by atoms with van der Waals surface area (Å²) in [4.78, 5) is 11.3. The van der Waals surface area contributed by atoms with Crippen molar-refractivity contribution in [3.05, 3.63) is 47.3 Å². The number of nitrogen functional groups attached to an aromatic ring is 1. The van der Waals surface area contributed by atoms with Gasteiger partial charge in [0.1, 0.15) is 0 Å². The molecular weight excluding hydrogens is 216 g/mol. The Morgan fingerprint density at radius 2 is 1.94 bits per heavy atom. The summed E-state index contributed by atoms with van der Waals surface area (Å²) in [7, 11) is 0. The van der Waals surface area contributed by atoms with Crippen molar-refractivity contribution in [2.24, 2.45) is 5.84 Å². The summed E-state index contributed by atoms with van der Waals surface area (Å²) >= 11 is 0. The van der Waals surface area contributed by atoms with E-state index < -0.39 is 0 Å². The molecule has 0 aliphatic heterocycles. The third kappa shape index (κ3) is 2.19. The number of nitrogens with one attached hydrogen (secondary N) is 1. The fourth-order valence-corrected chi connectivity index (χ4v) is 1.73. The lowest BCUT2D eigenvalue weighted by atomic mass is 10.2. The Labute approximate surface area is 99.2 Å². The number of carbonyl (C=O) groups excluding carboxylic acids is 1. The summed E-state index contributed by atoms with van der Waals surface area (Å²) < 4.78 is 1.83. The van der Waals surface area contributed by atoms with E-state index >= 15 is 0 Å². The number of rotatable bonds is 2. The molecule has 0 fully saturated rings. The van der Waals surface area contributed by atoms with Gasteiger partial charge in [-0.25, -0.2) is 10.5 Å². The number of benzene rings is 1. The number of carbonyl (C=O) groups is 1. The molecule has 3 N–H and O–H groups in total. The van der Waals surface area contributed by atoms with Crippen LogP contribution in [-0.4, -0.2) is 15.7 Å². The molecule has 1 amide bonds. The van der Waals surface area contributed by atoms with Crippen LogP contribution in [0, 0.1) is 13.8 Å². The van der Waals surface area contributed by atoms with Crippen molar-refractivity contribution in [2.45, 2.75) is 13.8 Å². The normalized spacial score (nSPS) is 10.3. The first-order valence-electron chi connectivity index (χ1n) is 5.26. The second-order valence-electron chi connectivity index (χ2n) is 3.86. The fourth-order valence-electron chi connectivity index (χ4n) is 1.73. The lowest BCUT2D eigenvalue weighted by molar-refractivity contribution is 0.0953. The van der Waals surface area contributed by atoms with Gasteiger partial charge in [-0.05, 0) is 44.2 Å². The number of aromatic nitrogens is 2. The van der Waals surface area contributed by atoms with Crippen LogP contribution in [0.1, 0.15) is 21.7 Å². The molecule has 0 saturated carbocycles. The summed E-state index contributed by atoms with van der Waals surface area (Å²) in [5, 5.41) is 4.37. The quantitative estimate of drug-likeness (QED) is 0.461. The van der Waals surface area contributed by atoms with Gasteiger partial charge in [-0.3, -0.25) is 10.2 Å². The number of hydrogen-bond acceptors (Lipinski definition) is 3. The standard InChI is InChI=1S/C12H14N4O/c1-8-7-9(2)16(15-8)11-5-3-10(4-6-11)12(17)14-13/h3-7H,13H2,1-2H3,(H,14,17). The Bertz CT molecular complexity index is 542. The molecule has 2 rings (SSSR count). The number of amides is 1. The maximum absolute atomic E-state index is 11.3. The van der Waals surface area contributed by atoms with E-state index in [1.54, 1.807) is 12.1 Å². The van der Waals surface area contributed by atoms with Crippen molar-refractivity contribution in [1.29, 1.82) is 0 Å². The van der Waals surface area contributed by atoms with Gasteiger partial charge in [0.2, 0.25) is 0 Å². The molecule has 17 heavy (non-hydrogen) atoms. The highest BCUT2D eigenvalue weighted by molar-refractivity contribution is 5.93. The molecule has 0 saturated heterocycles. The average Bonchev–Trinajstić information content (AvgIpc) is 2.68. The van der Waals surface area contributed by atoms with E-state index in [2.05, 4.69) is 10.5 Å². The van der Waals surface area contributed by atoms with Gasteiger partial charge in [-0.15, -0.1) is 0 Å². The van der Waals surface area contributed by atoms with Gasteiger partial charge in [-0.2, -0.15) is 5.10 Å². The summed E-state index contributed by atoms with van der Waals surface area (Å²) in [6, 6.07) is 9.11. The highest BCUT2D eigenvalue weighted by Crippen LogP contribution is 2.12. The predicted octanol–water partition coefficient (Wildman–Crippen LogP) is 1.09. The Morgan fingerprint density at radius 1 is 1.29 bits per heavy atom. The van der Waals surface area contributed by atoms with E-state index in [0.29, 0.717) is 5.56 Å². The molecule has 1 aromatic carbocycles. The van der Waals surface area contributed by atoms with E-state index in [1.165, 1.54) is 0 Å². The molecule has 0 bridgehead atoms. The Morgan fingerprint density at radius 3 is 2.41 bits per heavy atom. The highest BCUT2D eigenvalue weighted by atomic mass is 16.2. The van der Waals surface area contributed by atoms with Gasteiger partial charge < -0.3 is 0 Å². The van der Waals surface area contributed by atoms with Gasteiger partial charge in [0, 0.05) is 11.3 Å². The van der Waals surface area contributed by atoms with Crippen LogP contribution >= 0.6 is 0 Å². The molecule has 0 atom stereocenters. The van der Waals surface area contributed by atoms with Gasteiger partial charge in [-0.1, -0.05) is 0 Å². The average molecular weight is 230 g/mol. The first-order valence-corrected chi connectivity index (χ1v) is 5.26. The largest absolute Gasteiger partial charge is 0.290 e. The fraction of sp³-hybridized carbons (Fsp3) is 0.167. The molecule has 5 heteroatoms. The predicted molar refractivity (Wildman–Crippen MR) is 64.7 cm³/mol. The molecule has 0 aliphatic carbocycles. The van der Waals surface area contributed by atoms with E-state index in [9.17, 15) is 4.79 Å². The Balaban J connectivity index is 2.35. The Kier molecular flexibility index (Phi) is 2.93. The van der Waals surface area contributed by atoms with Crippen molar-refractivity contribution >= 4 is 5.91 Å². The van der Waals surface area contributed by atoms with Crippen LogP contribution in [0.4, 0.5) is 0 Å². The minimum atomic E-state index is -0.301. The van der Waals surface area contributed by atoms with Crippen molar-refractivity contribution in [2.75, 3.05) is 0 Å². The van der Waals surface area contributed by atoms with Crippen molar-refractivity contribution in [1.82, 2.24) is 15.2 Å². The topological polar surface area (TPSA) is 72.9 Å². The number of nitrogens with zero attached hydrogens (tertiary/aromatic N) is 2. The van der Waals surface area contributed by atoms with Crippen LogP contribution in [0.25, 0.3) is 5.69 Å². The molecule has 1 heterocycles. The first-order chi connectivity index (χ1) is 8.11. The molecule has 2 aromatic rings. The van der Waals surface area contributed by atoms with Crippen LogP contribution in [0.15, 0.2) is 30.3 Å². The van der Waals surface area contributed by atoms with Gasteiger partial charge >= 0.3 is 0 Å². The molecule has 1 aromatic heterocycles. The summed E-state index contributed by atoms with van der Waals surface area (Å²) in [6.07, 6.45) is 0. The van der Waals surface area contributed by atoms with Crippen LogP contribution in [-0.2, 0) is 0 Å². The third-order valence-corrected chi connectivity index (χ3v) is 2.51. The molecule has 0 spiro atoms. The van der Waals surface area contributed by atoms with E-state index in [4.69, 9.17) is 5.84 Å². The minimum Gasteiger partial charge on any atom is -0.290 e. The highest BCUT2D eigenvalue weighted by Gasteiger charge is 2.06.